The lowest BCUT2D eigenvalue weighted by atomic mass is 10.0. The number of amides is 1. The minimum atomic E-state index is -0.250. The van der Waals surface area contributed by atoms with Crippen LogP contribution in [0.25, 0.3) is 10.9 Å². The van der Waals surface area contributed by atoms with Crippen molar-refractivity contribution in [3.63, 3.8) is 0 Å². The van der Waals surface area contributed by atoms with Crippen LogP contribution in [-0.4, -0.2) is 17.6 Å². The number of hydrogen-bond acceptors (Lipinski definition) is 3. The molecule has 1 N–H and O–H groups in total. The van der Waals surface area contributed by atoms with Gasteiger partial charge in [0.2, 0.25) is 5.91 Å². The Bertz CT molecular complexity index is 1310. The van der Waals surface area contributed by atoms with E-state index in [2.05, 4.69) is 36.5 Å². The minimum Gasteiger partial charge on any atom is -0.497 e. The van der Waals surface area contributed by atoms with E-state index in [0.717, 1.165) is 18.2 Å². The number of carbonyl (C=O) groups is 1. The monoisotopic (exact) mass is 440 g/mol. The van der Waals surface area contributed by atoms with E-state index in [9.17, 15) is 9.59 Å². The predicted octanol–water partition coefficient (Wildman–Crippen LogP) is 5.00. The van der Waals surface area contributed by atoms with Crippen molar-refractivity contribution in [1.29, 1.82) is 0 Å². The molecule has 0 aliphatic carbocycles. The van der Waals surface area contributed by atoms with Crippen LogP contribution < -0.4 is 15.6 Å². The molecular weight excluding hydrogens is 412 g/mol. The summed E-state index contributed by atoms with van der Waals surface area (Å²) in [6.45, 7) is 2.06. The van der Waals surface area contributed by atoms with Crippen molar-refractivity contribution in [2.45, 2.75) is 32.7 Å². The fraction of sp³-hybridized carbons (Fsp3) is 0.214. The Labute approximate surface area is 193 Å². The van der Waals surface area contributed by atoms with Gasteiger partial charge in [0.25, 0.3) is 5.56 Å². The van der Waals surface area contributed by atoms with Crippen molar-refractivity contribution in [3.05, 3.63) is 106 Å². The lowest BCUT2D eigenvalue weighted by Crippen LogP contribution is -2.30. The average molecular weight is 441 g/mol. The Balaban J connectivity index is 1.65. The molecule has 3 aromatic carbocycles. The second kappa shape index (κ2) is 10.2. The quantitative estimate of drug-likeness (QED) is 0.420. The van der Waals surface area contributed by atoms with E-state index in [1.54, 1.807) is 17.7 Å². The molecule has 0 aliphatic heterocycles. The summed E-state index contributed by atoms with van der Waals surface area (Å²) in [6.07, 6.45) is 2.37. The summed E-state index contributed by atoms with van der Waals surface area (Å²) in [6, 6.07) is 25.3. The molecular formula is C28H28N2O3. The number of nitrogens with zero attached hydrogens (tertiary/aromatic N) is 1. The van der Waals surface area contributed by atoms with Crippen LogP contribution in [0, 0.1) is 0 Å². The summed E-state index contributed by atoms with van der Waals surface area (Å²) in [5.41, 5.74) is 4.41. The minimum absolute atomic E-state index is 0.0730. The molecule has 1 amide bonds. The van der Waals surface area contributed by atoms with Gasteiger partial charge in [0.1, 0.15) is 12.3 Å². The molecule has 5 heteroatoms. The van der Waals surface area contributed by atoms with E-state index in [-0.39, 0.29) is 18.0 Å². The third-order valence-electron chi connectivity index (χ3n) is 5.85. The van der Waals surface area contributed by atoms with Crippen LogP contribution in [0.15, 0.2) is 83.7 Å². The fourth-order valence-electron chi connectivity index (χ4n) is 3.96. The number of aromatic nitrogens is 1. The molecule has 1 heterocycles. The molecule has 4 rings (SSSR count). The highest BCUT2D eigenvalue weighted by Crippen LogP contribution is 2.21. The highest BCUT2D eigenvalue weighted by Gasteiger charge is 2.14. The summed E-state index contributed by atoms with van der Waals surface area (Å²) in [5, 5.41) is 3.77. The third kappa shape index (κ3) is 5.32. The fourth-order valence-corrected chi connectivity index (χ4v) is 3.96. The SMILES string of the molecule is CCc1ccc(CCc2cc3ccc(OC)cc3n(CC(=O)Nc3ccccc3)c2=O)cc1. The van der Waals surface area contributed by atoms with Gasteiger partial charge in [-0.05, 0) is 66.1 Å². The molecule has 0 saturated heterocycles. The first-order valence-corrected chi connectivity index (χ1v) is 11.2. The van der Waals surface area contributed by atoms with Crippen LogP contribution in [0.5, 0.6) is 5.75 Å². The summed E-state index contributed by atoms with van der Waals surface area (Å²) in [7, 11) is 1.59. The Morgan fingerprint density at radius 2 is 1.64 bits per heavy atom. The summed E-state index contributed by atoms with van der Waals surface area (Å²) in [4.78, 5) is 26.2. The number of benzene rings is 3. The Kier molecular flexibility index (Phi) is 6.89. The molecule has 4 aromatic rings. The molecule has 168 valence electrons. The van der Waals surface area contributed by atoms with Crippen molar-refractivity contribution in [2.24, 2.45) is 0 Å². The van der Waals surface area contributed by atoms with E-state index < -0.39 is 0 Å². The van der Waals surface area contributed by atoms with Gasteiger partial charge in [-0.1, -0.05) is 49.4 Å². The number of anilines is 1. The van der Waals surface area contributed by atoms with Crippen LogP contribution in [0.2, 0.25) is 0 Å². The zero-order valence-corrected chi connectivity index (χ0v) is 19.0. The van der Waals surface area contributed by atoms with Gasteiger partial charge in [0, 0.05) is 17.3 Å². The van der Waals surface area contributed by atoms with Crippen LogP contribution in [0.3, 0.4) is 0 Å². The molecule has 1 aromatic heterocycles. The normalized spacial score (nSPS) is 10.8. The summed E-state index contributed by atoms with van der Waals surface area (Å²) < 4.78 is 6.90. The zero-order chi connectivity index (χ0) is 23.2. The second-order valence-corrected chi connectivity index (χ2v) is 8.07. The number of nitrogens with one attached hydrogen (secondary N) is 1. The number of ether oxygens (including phenoxy) is 1. The number of pyridine rings is 1. The van der Waals surface area contributed by atoms with Crippen LogP contribution in [0.4, 0.5) is 5.69 Å². The topological polar surface area (TPSA) is 60.3 Å². The summed E-state index contributed by atoms with van der Waals surface area (Å²) in [5.74, 6) is 0.391. The van der Waals surface area contributed by atoms with Crippen molar-refractivity contribution < 1.29 is 9.53 Å². The Morgan fingerprint density at radius 3 is 2.33 bits per heavy atom. The Morgan fingerprint density at radius 1 is 0.909 bits per heavy atom. The van der Waals surface area contributed by atoms with Crippen molar-refractivity contribution >= 4 is 22.5 Å². The Hall–Kier alpha value is -3.86. The molecule has 0 aliphatic rings. The van der Waals surface area contributed by atoms with Gasteiger partial charge in [-0.3, -0.25) is 14.2 Å². The molecule has 0 fully saturated rings. The number of para-hydroxylation sites is 1. The summed E-state index contributed by atoms with van der Waals surface area (Å²) >= 11 is 0. The van der Waals surface area contributed by atoms with E-state index in [0.29, 0.717) is 28.9 Å². The first-order valence-electron chi connectivity index (χ1n) is 11.2. The van der Waals surface area contributed by atoms with Gasteiger partial charge in [-0.2, -0.15) is 0 Å². The molecule has 0 unspecified atom stereocenters. The van der Waals surface area contributed by atoms with E-state index in [1.807, 2.05) is 48.5 Å². The van der Waals surface area contributed by atoms with Gasteiger partial charge < -0.3 is 10.1 Å². The number of carbonyl (C=O) groups excluding carboxylic acids is 1. The van der Waals surface area contributed by atoms with E-state index in [4.69, 9.17) is 4.74 Å². The van der Waals surface area contributed by atoms with Gasteiger partial charge in [0.05, 0.1) is 12.6 Å². The first kappa shape index (κ1) is 22.3. The number of hydrogen-bond donors (Lipinski definition) is 1. The molecule has 0 spiro atoms. The maximum Gasteiger partial charge on any atom is 0.254 e. The molecule has 0 bridgehead atoms. The third-order valence-corrected chi connectivity index (χ3v) is 5.85. The van der Waals surface area contributed by atoms with Gasteiger partial charge in [-0.15, -0.1) is 0 Å². The molecule has 5 nitrogen and oxygen atoms in total. The highest BCUT2D eigenvalue weighted by molar-refractivity contribution is 5.92. The average Bonchev–Trinajstić information content (AvgIpc) is 2.85. The van der Waals surface area contributed by atoms with Crippen LogP contribution in [0.1, 0.15) is 23.6 Å². The van der Waals surface area contributed by atoms with E-state index in [1.165, 1.54) is 11.1 Å². The van der Waals surface area contributed by atoms with Gasteiger partial charge >= 0.3 is 0 Å². The standard InChI is InChI=1S/C28H28N2O3/c1-3-20-9-11-21(12-10-20)13-14-23-17-22-15-16-25(33-2)18-26(22)30(28(23)32)19-27(31)29-24-7-5-4-6-8-24/h4-12,15-18H,3,13-14,19H2,1-2H3,(H,29,31). The maximum atomic E-state index is 13.4. The lowest BCUT2D eigenvalue weighted by molar-refractivity contribution is -0.116. The lowest BCUT2D eigenvalue weighted by Gasteiger charge is -2.14. The zero-order valence-electron chi connectivity index (χ0n) is 19.0. The van der Waals surface area contributed by atoms with Gasteiger partial charge in [0.15, 0.2) is 0 Å². The number of fused-ring (bicyclic) bond motifs is 1. The highest BCUT2D eigenvalue weighted by atomic mass is 16.5. The molecule has 0 saturated carbocycles. The number of rotatable bonds is 8. The predicted molar refractivity (Wildman–Crippen MR) is 133 cm³/mol. The van der Waals surface area contributed by atoms with Crippen LogP contribution in [-0.2, 0) is 30.6 Å². The molecule has 0 radical (unpaired) electrons. The molecule has 0 atom stereocenters. The number of aryl methyl sites for hydroxylation is 3. The number of methoxy groups -OCH3 is 1. The maximum absolute atomic E-state index is 13.4. The van der Waals surface area contributed by atoms with E-state index >= 15 is 0 Å². The second-order valence-electron chi connectivity index (χ2n) is 8.07. The first-order chi connectivity index (χ1) is 16.1. The van der Waals surface area contributed by atoms with Crippen LogP contribution >= 0.6 is 0 Å². The van der Waals surface area contributed by atoms with Gasteiger partial charge in [-0.25, -0.2) is 0 Å². The van der Waals surface area contributed by atoms with Crippen molar-refractivity contribution in [2.75, 3.05) is 12.4 Å². The molecule has 33 heavy (non-hydrogen) atoms. The van der Waals surface area contributed by atoms with Crippen molar-refractivity contribution in [1.82, 2.24) is 4.57 Å². The smallest absolute Gasteiger partial charge is 0.254 e. The largest absolute Gasteiger partial charge is 0.497 e. The van der Waals surface area contributed by atoms with Crippen molar-refractivity contribution in [3.8, 4) is 5.75 Å².